The summed E-state index contributed by atoms with van der Waals surface area (Å²) in [6, 6.07) is 14.1. The molecule has 16 heteroatoms. The number of hydrogen-bond donors (Lipinski definition) is 6. The summed E-state index contributed by atoms with van der Waals surface area (Å²) in [5.41, 5.74) is 1.49. The van der Waals surface area contributed by atoms with Gasteiger partial charge in [-0.2, -0.15) is 0 Å². The lowest BCUT2D eigenvalue weighted by atomic mass is 10.0. The van der Waals surface area contributed by atoms with Gasteiger partial charge in [-0.25, -0.2) is 4.79 Å². The van der Waals surface area contributed by atoms with Gasteiger partial charge in [-0.05, 0) is 49.4 Å². The maximum absolute atomic E-state index is 12.4. The van der Waals surface area contributed by atoms with E-state index in [1.165, 1.54) is 43.4 Å². The number of aliphatic hydroxyl groups is 1. The molecule has 0 aromatic heterocycles. The molecule has 1 aliphatic heterocycles. The van der Waals surface area contributed by atoms with Crippen LogP contribution in [0.25, 0.3) is 0 Å². The number of likely N-dealkylation sites (N-methyl/N-ethyl adjacent to an activating group) is 1. The van der Waals surface area contributed by atoms with E-state index < -0.39 is 36.2 Å². The SMILES string of the molecule is C1CCCCC1.CC1CCCN1C(=O)CNC(=O)NCc1cccc(OCCCO)c1.CCCC(NC=O)C(=O)C(=O)NCC(=O)NC(C(=O)N(C)C)c1ccccc1. The Morgan fingerprint density at radius 2 is 1.58 bits per heavy atom. The molecule has 59 heavy (non-hydrogen) atoms. The maximum Gasteiger partial charge on any atom is 0.315 e. The molecule has 1 heterocycles. The predicted molar refractivity (Wildman–Crippen MR) is 224 cm³/mol. The molecule has 2 aliphatic rings. The lowest BCUT2D eigenvalue weighted by Crippen LogP contribution is -2.48. The van der Waals surface area contributed by atoms with Crippen LogP contribution in [-0.4, -0.2) is 116 Å². The van der Waals surface area contributed by atoms with Crippen LogP contribution in [0.4, 0.5) is 4.79 Å². The highest BCUT2D eigenvalue weighted by Crippen LogP contribution is 2.17. The third-order valence-corrected chi connectivity index (χ3v) is 9.62. The average molecular weight is 824 g/mol. The number of nitrogens with one attached hydrogen (secondary N) is 5. The van der Waals surface area contributed by atoms with Gasteiger partial charge in [0.05, 0.1) is 25.7 Å². The molecular formula is C43H65N7O9. The summed E-state index contributed by atoms with van der Waals surface area (Å²) in [5.74, 6) is -2.10. The molecule has 3 atom stereocenters. The standard InChI is InChI=1S/C19H26N4O5.C18H27N3O4.C6H12/c1-4-8-14(21-12-24)17(26)18(27)20-11-15(25)22-16(19(28)23(2)3)13-9-6-5-7-10-13;1-14-5-3-8-21(14)17(23)13-20-18(24)19-12-15-6-2-7-16(11-15)25-10-4-9-22;1-2-4-6-5-3-1/h5-7,9-10,12,14,16H,4,8,11H2,1-3H3,(H,20,27)(H,21,24)(H,22,25);2,6-7,11,14,22H,3-5,8-10,12-13H2,1H3,(H2,19,20,24);1-6H2. The first-order valence-corrected chi connectivity index (χ1v) is 20.6. The second-order valence-corrected chi connectivity index (χ2v) is 14.6. The normalized spacial score (nSPS) is 15.3. The van der Waals surface area contributed by atoms with Crippen LogP contribution in [0.1, 0.15) is 102 Å². The summed E-state index contributed by atoms with van der Waals surface area (Å²) >= 11 is 0. The van der Waals surface area contributed by atoms with Crippen LogP contribution in [-0.2, 0) is 35.3 Å². The Kier molecular flexibility index (Phi) is 24.2. The van der Waals surface area contributed by atoms with Crippen LogP contribution in [0, 0.1) is 0 Å². The zero-order valence-electron chi connectivity index (χ0n) is 35.1. The summed E-state index contributed by atoms with van der Waals surface area (Å²) in [5, 5.41) is 21.2. The van der Waals surface area contributed by atoms with Crippen molar-refractivity contribution in [1.29, 1.82) is 0 Å². The van der Waals surface area contributed by atoms with Gasteiger partial charge in [-0.3, -0.25) is 28.8 Å². The van der Waals surface area contributed by atoms with Gasteiger partial charge in [0.1, 0.15) is 11.8 Å². The molecule has 16 nitrogen and oxygen atoms in total. The highest BCUT2D eigenvalue weighted by molar-refractivity contribution is 6.38. The Morgan fingerprint density at radius 1 is 0.898 bits per heavy atom. The number of hydrogen-bond acceptors (Lipinski definition) is 9. The minimum atomic E-state index is -0.974. The minimum absolute atomic E-state index is 0.0144. The highest BCUT2D eigenvalue weighted by Gasteiger charge is 2.27. The van der Waals surface area contributed by atoms with Crippen molar-refractivity contribution >= 4 is 41.9 Å². The van der Waals surface area contributed by atoms with E-state index in [1.807, 2.05) is 43.0 Å². The predicted octanol–water partition coefficient (Wildman–Crippen LogP) is 3.13. The zero-order valence-corrected chi connectivity index (χ0v) is 35.1. The Labute approximate surface area is 348 Å². The van der Waals surface area contributed by atoms with Gasteiger partial charge in [0.2, 0.25) is 29.9 Å². The van der Waals surface area contributed by atoms with Gasteiger partial charge in [0.25, 0.3) is 5.91 Å². The fraction of sp³-hybridized carbons (Fsp3) is 0.558. The number of urea groups is 1. The average Bonchev–Trinajstić information content (AvgIpc) is 3.69. The second-order valence-electron chi connectivity index (χ2n) is 14.6. The maximum atomic E-state index is 12.4. The molecule has 0 radical (unpaired) electrons. The summed E-state index contributed by atoms with van der Waals surface area (Å²) in [6.07, 6.45) is 12.9. The molecular weight excluding hydrogens is 759 g/mol. The smallest absolute Gasteiger partial charge is 0.315 e. The summed E-state index contributed by atoms with van der Waals surface area (Å²) in [6.45, 7) is 5.03. The minimum Gasteiger partial charge on any atom is -0.493 e. The summed E-state index contributed by atoms with van der Waals surface area (Å²) < 4.78 is 5.50. The first kappa shape index (κ1) is 49.6. The van der Waals surface area contributed by atoms with Crippen LogP contribution < -0.4 is 31.3 Å². The highest BCUT2D eigenvalue weighted by atomic mass is 16.5. The van der Waals surface area contributed by atoms with Gasteiger partial charge >= 0.3 is 6.03 Å². The van der Waals surface area contributed by atoms with Crippen molar-refractivity contribution in [1.82, 2.24) is 36.4 Å². The number of likely N-dealkylation sites (tertiary alicyclic amines) is 1. The Bertz CT molecular complexity index is 1590. The number of nitrogens with zero attached hydrogens (tertiary/aromatic N) is 2. The van der Waals surface area contributed by atoms with Crippen LogP contribution in [0.2, 0.25) is 0 Å². The quantitative estimate of drug-likeness (QED) is 0.0697. The molecule has 0 spiro atoms. The number of ether oxygens (including phenoxy) is 1. The number of carbonyl (C=O) groups excluding carboxylic acids is 7. The first-order valence-electron chi connectivity index (χ1n) is 20.6. The van der Waals surface area contributed by atoms with E-state index in [4.69, 9.17) is 9.84 Å². The number of Topliss-reactive ketones (excluding diaryl/α,β-unsaturated/α-hetero) is 1. The van der Waals surface area contributed by atoms with Gasteiger partial charge in [-0.15, -0.1) is 0 Å². The molecule has 1 saturated carbocycles. The van der Waals surface area contributed by atoms with E-state index in [9.17, 15) is 33.6 Å². The van der Waals surface area contributed by atoms with E-state index in [1.54, 1.807) is 44.4 Å². The third kappa shape index (κ3) is 19.7. The van der Waals surface area contributed by atoms with Gasteiger partial charge in [-0.1, -0.05) is 94.3 Å². The van der Waals surface area contributed by atoms with E-state index in [0.717, 1.165) is 24.9 Å². The Morgan fingerprint density at radius 3 is 2.15 bits per heavy atom. The van der Waals surface area contributed by atoms with Crippen LogP contribution in [0.5, 0.6) is 5.75 Å². The zero-order chi connectivity index (χ0) is 43.4. The monoisotopic (exact) mass is 823 g/mol. The van der Waals surface area contributed by atoms with E-state index >= 15 is 0 Å². The topological polar surface area (TPSA) is 216 Å². The van der Waals surface area contributed by atoms with Gasteiger partial charge in [0, 0.05) is 46.3 Å². The van der Waals surface area contributed by atoms with Crippen molar-refractivity contribution in [3.63, 3.8) is 0 Å². The fourth-order valence-electron chi connectivity index (χ4n) is 6.34. The molecule has 3 unspecified atom stereocenters. The number of aliphatic hydroxyl groups excluding tert-OH is 1. The van der Waals surface area contributed by atoms with Gasteiger partial charge in [0.15, 0.2) is 0 Å². The van der Waals surface area contributed by atoms with Crippen molar-refractivity contribution in [3.8, 4) is 5.75 Å². The number of benzene rings is 2. The van der Waals surface area contributed by atoms with Crippen LogP contribution in [0.3, 0.4) is 0 Å². The van der Waals surface area contributed by atoms with Crippen LogP contribution >= 0.6 is 0 Å². The molecule has 0 bridgehead atoms. The molecule has 6 N–H and O–H groups in total. The second kappa shape index (κ2) is 28.8. The largest absolute Gasteiger partial charge is 0.493 e. The van der Waals surface area contributed by atoms with Crippen molar-refractivity contribution in [3.05, 3.63) is 65.7 Å². The number of carbonyl (C=O) groups is 7. The Balaban J connectivity index is 0.000000356. The third-order valence-electron chi connectivity index (χ3n) is 9.62. The molecule has 2 aromatic carbocycles. The molecule has 326 valence electrons. The summed E-state index contributed by atoms with van der Waals surface area (Å²) in [4.78, 5) is 86.3. The van der Waals surface area contributed by atoms with Crippen molar-refractivity contribution < 1.29 is 43.4 Å². The molecule has 2 aromatic rings. The molecule has 2 fully saturated rings. The van der Waals surface area contributed by atoms with Crippen molar-refractivity contribution in [2.24, 2.45) is 0 Å². The summed E-state index contributed by atoms with van der Waals surface area (Å²) in [7, 11) is 3.14. The van der Waals surface area contributed by atoms with Crippen molar-refractivity contribution in [2.45, 2.75) is 109 Å². The first-order chi connectivity index (χ1) is 28.4. The van der Waals surface area contributed by atoms with Crippen LogP contribution in [0.15, 0.2) is 54.6 Å². The molecule has 7 amide bonds. The van der Waals surface area contributed by atoms with Crippen molar-refractivity contribution in [2.75, 3.05) is 46.9 Å². The van der Waals surface area contributed by atoms with E-state index in [2.05, 4.69) is 26.6 Å². The number of amides is 7. The lowest BCUT2D eigenvalue weighted by molar-refractivity contribution is -0.140. The van der Waals surface area contributed by atoms with Gasteiger partial charge < -0.3 is 46.2 Å². The lowest BCUT2D eigenvalue weighted by Gasteiger charge is -2.22. The molecule has 4 rings (SSSR count). The number of ketones is 1. The fourth-order valence-corrected chi connectivity index (χ4v) is 6.34. The molecule has 1 saturated heterocycles. The Hall–Kier alpha value is -5.51. The van der Waals surface area contributed by atoms with E-state index in [0.29, 0.717) is 50.1 Å². The number of rotatable bonds is 19. The van der Waals surface area contributed by atoms with E-state index in [-0.39, 0.29) is 37.0 Å². The molecule has 1 aliphatic carbocycles.